The zero-order chi connectivity index (χ0) is 8.74. The molecule has 0 aromatic carbocycles. The number of aliphatic imine (C=N–C) groups is 2. The number of rotatable bonds is 0. The second-order valence-electron chi connectivity index (χ2n) is 1.33. The van der Waals surface area contributed by atoms with Crippen LogP contribution in [0.4, 0.5) is 17.3 Å². The van der Waals surface area contributed by atoms with E-state index in [4.69, 9.17) is 0 Å². The summed E-state index contributed by atoms with van der Waals surface area (Å²) in [6.07, 6.45) is 7.24. The standard InChI is InChI=1S/C4H3N2.BF4/c1-2-6-4-3-5-1;2-1(3,4)5/h1-3H;/q+1;-1. The minimum Gasteiger partial charge on any atom is -0.418 e. The number of nitrogens with zero attached hydrogens (tertiary/aromatic N) is 2. The van der Waals surface area contributed by atoms with Gasteiger partial charge in [-0.1, -0.05) is 0 Å². The van der Waals surface area contributed by atoms with E-state index in [0.717, 1.165) is 0 Å². The maximum Gasteiger partial charge on any atom is 0.673 e. The van der Waals surface area contributed by atoms with Crippen LogP contribution in [-0.2, 0) is 0 Å². The molecule has 0 atom stereocenters. The van der Waals surface area contributed by atoms with Crippen molar-refractivity contribution < 1.29 is 17.3 Å². The molecule has 0 saturated heterocycles. The average Bonchev–Trinajstić information content (AvgIpc) is 1.88. The Morgan fingerprint density at radius 3 is 1.73 bits per heavy atom. The average molecular weight is 166 g/mol. The summed E-state index contributed by atoms with van der Waals surface area (Å²) in [5.74, 6) is 0. The molecule has 2 nitrogen and oxygen atoms in total. The second-order valence-corrected chi connectivity index (χ2v) is 1.33. The maximum absolute atomic E-state index is 9.75. The third-order valence-corrected chi connectivity index (χ3v) is 0.434. The lowest BCUT2D eigenvalue weighted by Crippen LogP contribution is -2.02. The molecule has 1 rings (SSSR count). The van der Waals surface area contributed by atoms with Gasteiger partial charge in [-0.15, -0.1) is 0 Å². The van der Waals surface area contributed by atoms with Crippen molar-refractivity contribution in [3.8, 4) is 0 Å². The molecule has 1 heterocycles. The van der Waals surface area contributed by atoms with Gasteiger partial charge >= 0.3 is 7.25 Å². The Morgan fingerprint density at radius 2 is 1.64 bits per heavy atom. The van der Waals surface area contributed by atoms with Gasteiger partial charge in [0.15, 0.2) is 12.4 Å². The monoisotopic (exact) mass is 166 g/mol. The lowest BCUT2D eigenvalue weighted by atomic mass is 10.3. The maximum atomic E-state index is 9.75. The van der Waals surface area contributed by atoms with Crippen LogP contribution in [-0.4, -0.2) is 19.7 Å². The molecule has 0 spiro atoms. The first-order chi connectivity index (χ1) is 5.00. The summed E-state index contributed by atoms with van der Waals surface area (Å²) < 4.78 is 39.0. The molecule has 1 aliphatic heterocycles. The lowest BCUT2D eigenvalue weighted by molar-refractivity contribution is 0.368. The summed E-state index contributed by atoms with van der Waals surface area (Å²) in [6.45, 7) is 0. The zero-order valence-electron chi connectivity index (χ0n) is 5.22. The Kier molecular flexibility index (Phi) is 4.06. The van der Waals surface area contributed by atoms with Gasteiger partial charge < -0.3 is 17.3 Å². The van der Waals surface area contributed by atoms with E-state index < -0.39 is 7.25 Å². The van der Waals surface area contributed by atoms with Gasteiger partial charge in [-0.05, 0) is 4.99 Å². The molecule has 0 unspecified atom stereocenters. The Hall–Kier alpha value is -1.23. The first-order valence-corrected chi connectivity index (χ1v) is 2.49. The van der Waals surface area contributed by atoms with E-state index in [1.807, 2.05) is 0 Å². The Bertz CT molecular complexity index is 141. The largest absolute Gasteiger partial charge is 0.673 e. The van der Waals surface area contributed by atoms with Gasteiger partial charge in [0.2, 0.25) is 6.21 Å². The van der Waals surface area contributed by atoms with Gasteiger partial charge in [0, 0.05) is 0 Å². The quantitative estimate of drug-likeness (QED) is 0.297. The van der Waals surface area contributed by atoms with Crippen molar-refractivity contribution in [2.75, 3.05) is 0 Å². The van der Waals surface area contributed by atoms with Crippen LogP contribution in [0.15, 0.2) is 22.4 Å². The predicted octanol–water partition coefficient (Wildman–Crippen LogP) is 1.79. The van der Waals surface area contributed by atoms with Crippen LogP contribution in [0.1, 0.15) is 0 Å². The third kappa shape index (κ3) is 17.7. The van der Waals surface area contributed by atoms with Crippen LogP contribution in [0.5, 0.6) is 0 Å². The molecule has 0 radical (unpaired) electrons. The summed E-state index contributed by atoms with van der Waals surface area (Å²) >= 11 is 0. The van der Waals surface area contributed by atoms with Crippen LogP contribution >= 0.6 is 0 Å². The molecule has 0 aromatic heterocycles. The van der Waals surface area contributed by atoms with E-state index in [9.17, 15) is 17.3 Å². The van der Waals surface area contributed by atoms with E-state index in [1.165, 1.54) is 6.21 Å². The predicted molar refractivity (Wildman–Crippen MR) is 35.3 cm³/mol. The van der Waals surface area contributed by atoms with E-state index in [-0.39, 0.29) is 0 Å². The summed E-state index contributed by atoms with van der Waals surface area (Å²) in [4.78, 5) is 7.26. The number of halogens is 4. The summed E-state index contributed by atoms with van der Waals surface area (Å²) in [7, 11) is -6.00. The van der Waals surface area contributed by atoms with E-state index in [1.54, 1.807) is 12.4 Å². The second kappa shape index (κ2) is 4.57. The molecule has 60 valence electrons. The van der Waals surface area contributed by atoms with Crippen LogP contribution < -0.4 is 0 Å². The SMILES string of the molecule is F[B-](F)(F)F.[C+]1=NC=CN=C1. The Balaban J connectivity index is 0.000000187. The van der Waals surface area contributed by atoms with Gasteiger partial charge in [-0.2, -0.15) is 0 Å². The highest BCUT2D eigenvalue weighted by Gasteiger charge is 2.20. The molecular weight excluding hydrogens is 163 g/mol. The van der Waals surface area contributed by atoms with Crippen molar-refractivity contribution in [1.82, 2.24) is 0 Å². The highest BCUT2D eigenvalue weighted by Crippen LogP contribution is 2.06. The van der Waals surface area contributed by atoms with Crippen molar-refractivity contribution in [1.29, 1.82) is 0 Å². The molecule has 0 N–H and O–H groups in total. The summed E-state index contributed by atoms with van der Waals surface area (Å²) in [5, 5.41) is 0. The molecule has 0 aliphatic carbocycles. The van der Waals surface area contributed by atoms with E-state index in [0.29, 0.717) is 0 Å². The minimum absolute atomic E-state index is 1.51. The molecule has 1 aliphatic rings. The van der Waals surface area contributed by atoms with Gasteiger partial charge in [-0.3, -0.25) is 0 Å². The Morgan fingerprint density at radius 1 is 1.09 bits per heavy atom. The third-order valence-electron chi connectivity index (χ3n) is 0.434. The fraction of sp³-hybridized carbons (Fsp3) is 0. The summed E-state index contributed by atoms with van der Waals surface area (Å²) in [6, 6.07) is 0. The number of hydrogen-bond donors (Lipinski definition) is 0. The first-order valence-electron chi connectivity index (χ1n) is 2.49. The smallest absolute Gasteiger partial charge is 0.418 e. The molecule has 0 fully saturated rings. The van der Waals surface area contributed by atoms with Crippen LogP contribution in [0.25, 0.3) is 0 Å². The zero-order valence-corrected chi connectivity index (χ0v) is 5.22. The van der Waals surface area contributed by atoms with Crippen molar-refractivity contribution in [2.24, 2.45) is 9.98 Å². The Labute approximate surface area is 60.5 Å². The van der Waals surface area contributed by atoms with E-state index >= 15 is 0 Å². The van der Waals surface area contributed by atoms with Crippen LogP contribution in [0, 0.1) is 0 Å². The van der Waals surface area contributed by atoms with Gasteiger partial charge in [-0.25, -0.2) is 4.99 Å². The molecular formula is C4H3BF4N2. The topological polar surface area (TPSA) is 24.7 Å². The molecule has 0 amide bonds. The van der Waals surface area contributed by atoms with Gasteiger partial charge in [0.25, 0.3) is 0 Å². The molecule has 7 heteroatoms. The lowest BCUT2D eigenvalue weighted by Gasteiger charge is -1.94. The summed E-state index contributed by atoms with van der Waals surface area (Å²) in [5.41, 5.74) is 0. The number of hydrogen-bond acceptors (Lipinski definition) is 2. The van der Waals surface area contributed by atoms with Crippen molar-refractivity contribution in [3.63, 3.8) is 0 Å². The van der Waals surface area contributed by atoms with Gasteiger partial charge in [0.05, 0.1) is 0 Å². The fourth-order valence-corrected chi connectivity index (χ4v) is 0.225. The van der Waals surface area contributed by atoms with Crippen LogP contribution in [0.2, 0.25) is 0 Å². The molecule has 0 saturated carbocycles. The molecule has 0 aromatic rings. The van der Waals surface area contributed by atoms with Crippen LogP contribution in [0.3, 0.4) is 0 Å². The van der Waals surface area contributed by atoms with Crippen molar-refractivity contribution >= 4 is 19.7 Å². The minimum atomic E-state index is -6.00. The van der Waals surface area contributed by atoms with Crippen molar-refractivity contribution in [2.45, 2.75) is 0 Å². The van der Waals surface area contributed by atoms with E-state index in [2.05, 4.69) is 16.2 Å². The molecule has 11 heavy (non-hydrogen) atoms. The highest BCUT2D eigenvalue weighted by molar-refractivity contribution is 6.50. The molecule has 0 bridgehead atoms. The van der Waals surface area contributed by atoms with Gasteiger partial charge in [0.1, 0.15) is 6.20 Å². The van der Waals surface area contributed by atoms with Crippen molar-refractivity contribution in [3.05, 3.63) is 12.4 Å². The first kappa shape index (κ1) is 9.77. The normalized spacial score (nSPS) is 13.5. The fourth-order valence-electron chi connectivity index (χ4n) is 0.225. The highest BCUT2D eigenvalue weighted by atomic mass is 19.5.